The van der Waals surface area contributed by atoms with Gasteiger partial charge < -0.3 is 41.0 Å². The van der Waals surface area contributed by atoms with E-state index in [-0.39, 0.29) is 43.7 Å². The van der Waals surface area contributed by atoms with Gasteiger partial charge in [0.05, 0.1) is 61.2 Å². The van der Waals surface area contributed by atoms with Crippen LogP contribution in [0, 0.1) is 12.7 Å². The number of pyridine rings is 2. The van der Waals surface area contributed by atoms with Crippen LogP contribution in [-0.2, 0) is 68.3 Å². The van der Waals surface area contributed by atoms with E-state index in [4.69, 9.17) is 9.72 Å². The SMILES string of the molecule is CC[C@@]1(O)C(=O)OCc2c1cc1n(c2=O)Cc2c-1nc1cc(F)c(C)c3c1c2C(NC(=O)CNC(=O)CNC(=O)CNC(=O)CNC(=O)CCN1C(=O)C=CC1=O)CC3. The fraction of sp³-hybridized carbons (Fsp3) is 0.385. The number of fused-ring (bicyclic) bond motifs is 5. The first-order chi connectivity index (χ1) is 28.1. The number of ether oxygens (including phenoxy) is 1. The molecule has 4 aliphatic rings. The molecular weight excluding hydrogens is 775 g/mol. The number of cyclic esters (lactones) is 1. The van der Waals surface area contributed by atoms with E-state index in [0.717, 1.165) is 17.1 Å². The molecule has 59 heavy (non-hydrogen) atoms. The van der Waals surface area contributed by atoms with Gasteiger partial charge in [0.25, 0.3) is 17.4 Å². The van der Waals surface area contributed by atoms with E-state index in [9.17, 15) is 48.3 Å². The van der Waals surface area contributed by atoms with Gasteiger partial charge in [0.2, 0.25) is 29.5 Å². The quantitative estimate of drug-likeness (QED) is 0.0660. The standard InChI is InChI=1S/C39H39FN8O11/c1-3-39(58)22-10-26-36-20(16-48(26)37(56)21(22)17-59-38(39)57)35-24(5-4-19-18(2)23(40)11-25(46-36)34(19)35)45-31(53)15-44-30(52)14-43-29(51)13-42-28(50)12-41-27(49)8-9-47-32(54)6-7-33(47)55/h6-7,10-11,24,58H,3-5,8-9,12-17H2,1-2H3,(H,41,49)(H,42,50)(H,43,51)(H,44,52)(H,45,53)/t24?,39-/m0/s1. The molecule has 308 valence electrons. The molecule has 7 amide bonds. The van der Waals surface area contributed by atoms with Gasteiger partial charge in [-0.1, -0.05) is 6.92 Å². The number of hydrogen-bond acceptors (Lipinski definition) is 12. The summed E-state index contributed by atoms with van der Waals surface area (Å²) >= 11 is 0. The fourth-order valence-electron chi connectivity index (χ4n) is 7.80. The first-order valence-corrected chi connectivity index (χ1v) is 18.8. The molecule has 1 aromatic carbocycles. The van der Waals surface area contributed by atoms with Gasteiger partial charge in [0.15, 0.2) is 5.60 Å². The Hall–Kier alpha value is -6.83. The molecule has 2 atom stereocenters. The van der Waals surface area contributed by atoms with E-state index < -0.39 is 96.5 Å². The average Bonchev–Trinajstić information content (AvgIpc) is 3.75. The van der Waals surface area contributed by atoms with Crippen LogP contribution >= 0.6 is 0 Å². The predicted octanol–water partition coefficient (Wildman–Crippen LogP) is -1.59. The largest absolute Gasteiger partial charge is 0.458 e. The molecule has 1 unspecified atom stereocenters. The normalized spacial score (nSPS) is 18.5. The maximum atomic E-state index is 15.2. The van der Waals surface area contributed by atoms with E-state index >= 15 is 4.39 Å². The van der Waals surface area contributed by atoms with Crippen LogP contribution < -0.4 is 32.1 Å². The Bertz CT molecular complexity index is 2480. The van der Waals surface area contributed by atoms with Crippen LogP contribution in [0.2, 0.25) is 0 Å². The maximum Gasteiger partial charge on any atom is 0.343 e. The highest BCUT2D eigenvalue weighted by atomic mass is 19.1. The summed E-state index contributed by atoms with van der Waals surface area (Å²) in [5, 5.41) is 24.2. The van der Waals surface area contributed by atoms with Crippen LogP contribution in [0.25, 0.3) is 22.3 Å². The van der Waals surface area contributed by atoms with E-state index in [2.05, 4.69) is 26.6 Å². The van der Waals surface area contributed by atoms with Gasteiger partial charge in [-0.15, -0.1) is 0 Å². The molecule has 0 saturated heterocycles. The summed E-state index contributed by atoms with van der Waals surface area (Å²) in [6.07, 6.45) is 2.64. The third-order valence-corrected chi connectivity index (χ3v) is 11.0. The minimum Gasteiger partial charge on any atom is -0.458 e. The number of carbonyl (C=O) groups excluding carboxylic acids is 8. The van der Waals surface area contributed by atoms with Gasteiger partial charge in [-0.25, -0.2) is 14.2 Å². The third kappa shape index (κ3) is 7.53. The Morgan fingerprint density at radius 1 is 0.881 bits per heavy atom. The van der Waals surface area contributed by atoms with E-state index in [1.54, 1.807) is 19.9 Å². The third-order valence-electron chi connectivity index (χ3n) is 11.0. The van der Waals surface area contributed by atoms with Crippen LogP contribution in [-0.4, -0.2) is 99.6 Å². The second-order valence-electron chi connectivity index (χ2n) is 14.5. The lowest BCUT2D eigenvalue weighted by molar-refractivity contribution is -0.172. The monoisotopic (exact) mass is 814 g/mol. The molecule has 5 heterocycles. The first-order valence-electron chi connectivity index (χ1n) is 18.8. The summed E-state index contributed by atoms with van der Waals surface area (Å²) in [5.41, 5.74) is 1.08. The Labute approximate surface area is 333 Å². The number of halogens is 1. The highest BCUT2D eigenvalue weighted by Crippen LogP contribution is 2.46. The lowest BCUT2D eigenvalue weighted by atomic mass is 9.81. The van der Waals surface area contributed by atoms with Crippen LogP contribution in [0.3, 0.4) is 0 Å². The van der Waals surface area contributed by atoms with Gasteiger partial charge in [0, 0.05) is 47.7 Å². The van der Waals surface area contributed by atoms with Gasteiger partial charge in [-0.05, 0) is 48.9 Å². The van der Waals surface area contributed by atoms with Crippen molar-refractivity contribution >= 4 is 58.2 Å². The zero-order valence-corrected chi connectivity index (χ0v) is 31.9. The number of nitrogens with zero attached hydrogens (tertiary/aromatic N) is 3. The second-order valence-corrected chi connectivity index (χ2v) is 14.5. The molecule has 0 bridgehead atoms. The van der Waals surface area contributed by atoms with Crippen molar-refractivity contribution in [3.63, 3.8) is 0 Å². The molecular formula is C39H39FN8O11. The Morgan fingerprint density at radius 3 is 2.12 bits per heavy atom. The van der Waals surface area contributed by atoms with Gasteiger partial charge >= 0.3 is 5.97 Å². The van der Waals surface area contributed by atoms with Crippen molar-refractivity contribution in [2.24, 2.45) is 0 Å². The lowest BCUT2D eigenvalue weighted by Crippen LogP contribution is -2.46. The topological polar surface area (TPSA) is 264 Å². The number of imide groups is 1. The highest BCUT2D eigenvalue weighted by Gasteiger charge is 2.46. The molecule has 20 heteroatoms. The summed E-state index contributed by atoms with van der Waals surface area (Å²) in [6, 6.07) is 2.20. The lowest BCUT2D eigenvalue weighted by Gasteiger charge is -2.31. The molecule has 0 fully saturated rings. The Kier molecular flexibility index (Phi) is 10.8. The van der Waals surface area contributed by atoms with E-state index in [0.29, 0.717) is 57.4 Å². The second kappa shape index (κ2) is 15.8. The summed E-state index contributed by atoms with van der Waals surface area (Å²) in [6.45, 7) is 0.822. The highest BCUT2D eigenvalue weighted by molar-refractivity contribution is 6.13. The zero-order chi connectivity index (χ0) is 42.3. The van der Waals surface area contributed by atoms with Crippen molar-refractivity contribution in [2.75, 3.05) is 32.7 Å². The number of hydrogen-bond donors (Lipinski definition) is 6. The molecule has 2 aromatic heterocycles. The molecule has 19 nitrogen and oxygen atoms in total. The number of rotatable bonds is 13. The molecule has 3 aromatic rings. The number of carbonyl (C=O) groups is 8. The minimum atomic E-state index is -2.05. The zero-order valence-electron chi connectivity index (χ0n) is 31.9. The number of aromatic nitrogens is 2. The summed E-state index contributed by atoms with van der Waals surface area (Å²) < 4.78 is 21.9. The number of esters is 1. The summed E-state index contributed by atoms with van der Waals surface area (Å²) in [4.78, 5) is 117. The Morgan fingerprint density at radius 2 is 1.49 bits per heavy atom. The molecule has 0 spiro atoms. The van der Waals surface area contributed by atoms with Crippen LogP contribution in [0.5, 0.6) is 0 Å². The van der Waals surface area contributed by atoms with Crippen LogP contribution in [0.15, 0.2) is 29.1 Å². The molecule has 7 rings (SSSR count). The van der Waals surface area contributed by atoms with E-state index in [1.165, 1.54) is 10.6 Å². The minimum absolute atomic E-state index is 0.0462. The van der Waals surface area contributed by atoms with E-state index in [1.807, 2.05) is 0 Å². The van der Waals surface area contributed by atoms with Crippen molar-refractivity contribution < 1.29 is 52.6 Å². The number of nitrogens with one attached hydrogen (secondary N) is 5. The number of aryl methyl sites for hydroxylation is 1. The van der Waals surface area contributed by atoms with Crippen LogP contribution in [0.4, 0.5) is 4.39 Å². The summed E-state index contributed by atoms with van der Waals surface area (Å²) in [7, 11) is 0. The molecule has 3 aliphatic heterocycles. The summed E-state index contributed by atoms with van der Waals surface area (Å²) in [5.74, 6) is -5.75. The molecule has 0 radical (unpaired) electrons. The molecule has 0 saturated carbocycles. The molecule has 6 N–H and O–H groups in total. The average molecular weight is 815 g/mol. The van der Waals surface area contributed by atoms with Crippen molar-refractivity contribution in [2.45, 2.75) is 64.3 Å². The van der Waals surface area contributed by atoms with Crippen molar-refractivity contribution in [1.82, 2.24) is 41.0 Å². The van der Waals surface area contributed by atoms with Gasteiger partial charge in [-0.2, -0.15) is 0 Å². The number of amides is 7. The molecule has 1 aliphatic carbocycles. The predicted molar refractivity (Wildman–Crippen MR) is 201 cm³/mol. The number of aliphatic hydroxyl groups is 1. The smallest absolute Gasteiger partial charge is 0.343 e. The fourth-order valence-corrected chi connectivity index (χ4v) is 7.80. The van der Waals surface area contributed by atoms with Crippen LogP contribution in [0.1, 0.15) is 65.6 Å². The Balaban J connectivity index is 0.957. The van der Waals surface area contributed by atoms with Crippen molar-refractivity contribution in [1.29, 1.82) is 0 Å². The van der Waals surface area contributed by atoms with Gasteiger partial charge in [-0.3, -0.25) is 43.3 Å². The van der Waals surface area contributed by atoms with Crippen molar-refractivity contribution in [3.8, 4) is 11.4 Å². The van der Waals surface area contributed by atoms with Crippen molar-refractivity contribution in [3.05, 3.63) is 73.8 Å². The van der Waals surface area contributed by atoms with Gasteiger partial charge in [0.1, 0.15) is 12.4 Å². The maximum absolute atomic E-state index is 15.2. The first kappa shape index (κ1) is 40.4. The number of benzene rings is 1.